The van der Waals surface area contributed by atoms with E-state index >= 15 is 13.2 Å². The number of hydrogen-bond acceptors (Lipinski definition) is 1. The van der Waals surface area contributed by atoms with Gasteiger partial charge < -0.3 is 4.74 Å². The Morgan fingerprint density at radius 1 is 0.615 bits per heavy atom. The summed E-state index contributed by atoms with van der Waals surface area (Å²) in [7, 11) is 0. The predicted molar refractivity (Wildman–Crippen MR) is 156 cm³/mol. The molecule has 0 bridgehead atoms. The van der Waals surface area contributed by atoms with Crippen LogP contribution in [0.5, 0.6) is 5.75 Å². The Labute approximate surface area is 232 Å². The van der Waals surface area contributed by atoms with Crippen LogP contribution in [0.1, 0.15) is 108 Å². The SMILES string of the molecule is CCCCCCCCCc1ccc2c(c1F)OC(F)(F)c1cc(-c3ccc(CCCCCCC)cc3)ccc1-2. The zero-order valence-electron chi connectivity index (χ0n) is 23.6. The van der Waals surface area contributed by atoms with Crippen molar-refractivity contribution >= 4 is 0 Å². The second-order valence-corrected chi connectivity index (χ2v) is 11.0. The summed E-state index contributed by atoms with van der Waals surface area (Å²) in [6.45, 7) is 4.41. The molecule has 3 aromatic rings. The Bertz CT molecular complexity index is 1200. The molecule has 1 heterocycles. The van der Waals surface area contributed by atoms with E-state index in [9.17, 15) is 0 Å². The topological polar surface area (TPSA) is 9.23 Å². The van der Waals surface area contributed by atoms with Crippen molar-refractivity contribution in [2.75, 3.05) is 0 Å². The molecule has 0 aliphatic carbocycles. The highest BCUT2D eigenvalue weighted by atomic mass is 19.3. The molecule has 1 aliphatic heterocycles. The number of aryl methyl sites for hydroxylation is 2. The van der Waals surface area contributed by atoms with Crippen LogP contribution in [0.15, 0.2) is 54.6 Å². The third kappa shape index (κ3) is 7.47. The van der Waals surface area contributed by atoms with E-state index in [4.69, 9.17) is 4.74 Å². The van der Waals surface area contributed by atoms with Crippen LogP contribution < -0.4 is 4.74 Å². The van der Waals surface area contributed by atoms with Crippen molar-refractivity contribution in [2.45, 2.75) is 110 Å². The number of benzene rings is 3. The minimum absolute atomic E-state index is 0.216. The molecule has 0 aromatic heterocycles. The second-order valence-electron chi connectivity index (χ2n) is 11.0. The van der Waals surface area contributed by atoms with Gasteiger partial charge in [-0.05, 0) is 59.6 Å². The zero-order chi connectivity index (χ0) is 27.7. The van der Waals surface area contributed by atoms with Gasteiger partial charge >= 0.3 is 6.11 Å². The van der Waals surface area contributed by atoms with Crippen molar-refractivity contribution in [1.29, 1.82) is 0 Å². The van der Waals surface area contributed by atoms with Crippen molar-refractivity contribution in [3.63, 3.8) is 0 Å². The van der Waals surface area contributed by atoms with E-state index in [1.165, 1.54) is 69.4 Å². The Morgan fingerprint density at radius 2 is 1.18 bits per heavy atom. The summed E-state index contributed by atoms with van der Waals surface area (Å²) in [6.07, 6.45) is 12.0. The van der Waals surface area contributed by atoms with E-state index in [0.29, 0.717) is 28.7 Å². The minimum atomic E-state index is -3.60. The highest BCUT2D eigenvalue weighted by Gasteiger charge is 2.43. The molecule has 4 rings (SSSR count). The molecular weight excluding hydrogens is 493 g/mol. The Hall–Kier alpha value is -2.75. The van der Waals surface area contributed by atoms with Gasteiger partial charge in [0.25, 0.3) is 0 Å². The molecule has 0 radical (unpaired) electrons. The van der Waals surface area contributed by atoms with Crippen molar-refractivity contribution in [3.8, 4) is 28.0 Å². The molecule has 0 atom stereocenters. The molecule has 0 amide bonds. The molecule has 0 fully saturated rings. The van der Waals surface area contributed by atoms with Gasteiger partial charge in [-0.3, -0.25) is 0 Å². The molecule has 3 aromatic carbocycles. The van der Waals surface area contributed by atoms with Gasteiger partial charge in [-0.1, -0.05) is 127 Å². The molecule has 0 N–H and O–H groups in total. The predicted octanol–water partition coefficient (Wildman–Crippen LogP) is 11.4. The highest BCUT2D eigenvalue weighted by molar-refractivity contribution is 5.80. The van der Waals surface area contributed by atoms with Crippen molar-refractivity contribution in [3.05, 3.63) is 77.1 Å². The molecule has 1 nitrogen and oxygen atoms in total. The normalized spacial score (nSPS) is 13.6. The summed E-state index contributed by atoms with van der Waals surface area (Å²) in [5.41, 5.74) is 3.79. The number of rotatable bonds is 15. The number of fused-ring (bicyclic) bond motifs is 3. The van der Waals surface area contributed by atoms with E-state index in [1.54, 1.807) is 18.2 Å². The fourth-order valence-electron chi connectivity index (χ4n) is 5.55. The number of halogens is 3. The molecule has 210 valence electrons. The van der Waals surface area contributed by atoms with Crippen LogP contribution in [-0.2, 0) is 19.0 Å². The van der Waals surface area contributed by atoms with Crippen molar-refractivity contribution < 1.29 is 17.9 Å². The van der Waals surface area contributed by atoms with Gasteiger partial charge in [0.2, 0.25) is 0 Å². The number of ether oxygens (including phenoxy) is 1. The molecule has 4 heteroatoms. The van der Waals surface area contributed by atoms with E-state index in [-0.39, 0.29) is 11.3 Å². The van der Waals surface area contributed by atoms with Crippen LogP contribution >= 0.6 is 0 Å². The van der Waals surface area contributed by atoms with Crippen molar-refractivity contribution in [2.24, 2.45) is 0 Å². The molecule has 39 heavy (non-hydrogen) atoms. The van der Waals surface area contributed by atoms with Crippen LogP contribution in [0.25, 0.3) is 22.3 Å². The third-order valence-electron chi connectivity index (χ3n) is 7.94. The summed E-state index contributed by atoms with van der Waals surface area (Å²) in [6, 6.07) is 16.6. The Morgan fingerprint density at radius 3 is 1.85 bits per heavy atom. The van der Waals surface area contributed by atoms with Crippen LogP contribution in [0, 0.1) is 5.82 Å². The smallest absolute Gasteiger partial charge is 0.425 e. The summed E-state index contributed by atoms with van der Waals surface area (Å²) >= 11 is 0. The average Bonchev–Trinajstić information content (AvgIpc) is 2.94. The van der Waals surface area contributed by atoms with Crippen molar-refractivity contribution in [1.82, 2.24) is 0 Å². The maximum Gasteiger partial charge on any atom is 0.427 e. The summed E-state index contributed by atoms with van der Waals surface area (Å²) in [4.78, 5) is 0. The monoisotopic (exact) mass is 536 g/mol. The Balaban J connectivity index is 1.46. The molecule has 1 aliphatic rings. The van der Waals surface area contributed by atoms with E-state index in [0.717, 1.165) is 31.2 Å². The Kier molecular flexibility index (Phi) is 10.5. The van der Waals surface area contributed by atoms with Gasteiger partial charge in [-0.15, -0.1) is 0 Å². The van der Waals surface area contributed by atoms with Crippen LogP contribution in [0.3, 0.4) is 0 Å². The fraction of sp³-hybridized carbons (Fsp3) is 0.486. The second kappa shape index (κ2) is 14.1. The van der Waals surface area contributed by atoms with Gasteiger partial charge in [0, 0.05) is 5.56 Å². The largest absolute Gasteiger partial charge is 0.427 e. The lowest BCUT2D eigenvalue weighted by Crippen LogP contribution is -2.27. The molecule has 0 saturated carbocycles. The highest BCUT2D eigenvalue weighted by Crippen LogP contribution is 2.49. The first kappa shape index (κ1) is 29.2. The van der Waals surface area contributed by atoms with Crippen LogP contribution in [0.4, 0.5) is 13.2 Å². The van der Waals surface area contributed by atoms with Crippen LogP contribution in [0.2, 0.25) is 0 Å². The van der Waals surface area contributed by atoms with E-state index < -0.39 is 11.9 Å². The quantitative estimate of drug-likeness (QED) is 0.176. The minimum Gasteiger partial charge on any atom is -0.425 e. The summed E-state index contributed by atoms with van der Waals surface area (Å²) in [5, 5.41) is 0. The molecule has 0 unspecified atom stereocenters. The lowest BCUT2D eigenvalue weighted by molar-refractivity contribution is -0.188. The van der Waals surface area contributed by atoms with E-state index in [2.05, 4.69) is 26.0 Å². The molecule has 0 spiro atoms. The van der Waals surface area contributed by atoms with E-state index in [1.807, 2.05) is 18.2 Å². The first-order chi connectivity index (χ1) is 18.9. The average molecular weight is 537 g/mol. The van der Waals surface area contributed by atoms with Gasteiger partial charge in [-0.2, -0.15) is 8.78 Å². The zero-order valence-corrected chi connectivity index (χ0v) is 23.6. The van der Waals surface area contributed by atoms with Gasteiger partial charge in [-0.25, -0.2) is 4.39 Å². The fourth-order valence-corrected chi connectivity index (χ4v) is 5.55. The first-order valence-electron chi connectivity index (χ1n) is 15.1. The third-order valence-corrected chi connectivity index (χ3v) is 7.94. The maximum absolute atomic E-state index is 15.3. The van der Waals surface area contributed by atoms with Gasteiger partial charge in [0.05, 0.1) is 5.56 Å². The maximum atomic E-state index is 15.3. The lowest BCUT2D eigenvalue weighted by Gasteiger charge is -2.29. The number of hydrogen-bond donors (Lipinski definition) is 0. The number of unbranched alkanes of at least 4 members (excludes halogenated alkanes) is 10. The molecular formula is C35H43F3O. The standard InChI is InChI=1S/C35H43F3O/c1-3-5-7-9-10-12-14-16-28-21-24-31-30-23-22-29(25-32(30)35(37,38)39-34(31)33(28)36)27-19-17-26(18-20-27)15-13-11-8-6-4-2/h17-25H,3-16H2,1-2H3. The van der Waals surface area contributed by atoms with Crippen LogP contribution in [-0.4, -0.2) is 0 Å². The van der Waals surface area contributed by atoms with Gasteiger partial charge in [0.15, 0.2) is 11.6 Å². The first-order valence-corrected chi connectivity index (χ1v) is 15.1. The summed E-state index contributed by atoms with van der Waals surface area (Å²) in [5.74, 6) is -0.984. The lowest BCUT2D eigenvalue weighted by atomic mass is 9.90. The molecule has 0 saturated heterocycles. The number of alkyl halides is 2. The summed E-state index contributed by atoms with van der Waals surface area (Å²) < 4.78 is 50.9. The van der Waals surface area contributed by atoms with Gasteiger partial charge in [0.1, 0.15) is 0 Å².